The van der Waals surface area contributed by atoms with Crippen LogP contribution in [0.1, 0.15) is 0 Å². The van der Waals surface area contributed by atoms with Crippen LogP contribution in [-0.2, 0) is 0 Å². The Morgan fingerprint density at radius 2 is 1.00 bits per heavy atom. The molecule has 4 heterocycles. The van der Waals surface area contributed by atoms with E-state index >= 15 is 0 Å². The zero-order valence-corrected chi connectivity index (χ0v) is 29.2. The van der Waals surface area contributed by atoms with Crippen LogP contribution in [-0.4, -0.2) is 14.5 Å². The van der Waals surface area contributed by atoms with Gasteiger partial charge in [0.1, 0.15) is 22.3 Å². The molecule has 0 saturated heterocycles. The molecule has 0 aliphatic carbocycles. The third-order valence-electron chi connectivity index (χ3n) is 11.5. The quantitative estimate of drug-likeness (QED) is 0.184. The standard InChI is InChI=1S/C50H27N3O2/c1-3-11-38-37(10-1)49(32-18-22-36-35-9-2-4-12-41(35)54-44(36)27-32)52-50(51-38)33-16-15-31-26-34(21-17-30(31)25-33)53-39-23-19-28-7-5-13-42-45(28)47(39)48-40(53)24-20-29-8-6-14-43(55-42)46(29)48/h1-27H. The Morgan fingerprint density at radius 1 is 0.382 bits per heavy atom. The van der Waals surface area contributed by atoms with Gasteiger partial charge in [0.2, 0.25) is 0 Å². The van der Waals surface area contributed by atoms with E-state index < -0.39 is 0 Å². The average molecular weight is 702 g/mol. The Bertz CT molecular complexity index is 3630. The van der Waals surface area contributed by atoms with Crippen molar-refractivity contribution < 1.29 is 8.83 Å². The average Bonchev–Trinajstić information content (AvgIpc) is 3.73. The van der Waals surface area contributed by atoms with E-state index in [0.717, 1.165) is 99.1 Å². The summed E-state index contributed by atoms with van der Waals surface area (Å²) in [6.07, 6.45) is 0. The van der Waals surface area contributed by atoms with Crippen LogP contribution in [0.15, 0.2) is 173 Å². The molecule has 4 aromatic heterocycles. The SMILES string of the molecule is c1ccc2c(-c3ccc4c(c3)oc3ccccc34)nc(-c3ccc4cc(-n5c6ccc7cccc8oc9cccc%10ccc5c(c%109)c6c78)ccc4c3)nc2c1. The number of aromatic nitrogens is 3. The fourth-order valence-corrected chi connectivity index (χ4v) is 9.05. The van der Waals surface area contributed by atoms with Gasteiger partial charge in [0.25, 0.3) is 0 Å². The lowest BCUT2D eigenvalue weighted by Crippen LogP contribution is -1.96. The van der Waals surface area contributed by atoms with Gasteiger partial charge in [-0.3, -0.25) is 0 Å². The molecular weight excluding hydrogens is 675 g/mol. The fraction of sp³-hybridized carbons (Fsp3) is 0. The number of fused-ring (bicyclic) bond motifs is 5. The highest BCUT2D eigenvalue weighted by atomic mass is 16.3. The summed E-state index contributed by atoms with van der Waals surface area (Å²) in [5.41, 5.74) is 10.7. The van der Waals surface area contributed by atoms with Crippen molar-refractivity contribution in [2.45, 2.75) is 0 Å². The smallest absolute Gasteiger partial charge is 0.160 e. The number of para-hydroxylation sites is 2. The summed E-state index contributed by atoms with van der Waals surface area (Å²) in [7, 11) is 0. The van der Waals surface area contributed by atoms with Gasteiger partial charge in [-0.05, 0) is 88.3 Å². The van der Waals surface area contributed by atoms with Crippen LogP contribution >= 0.6 is 0 Å². The number of benzene rings is 9. The lowest BCUT2D eigenvalue weighted by molar-refractivity contribution is 0.664. The molecule has 0 atom stereocenters. The normalized spacial score (nSPS) is 12.4. The van der Waals surface area contributed by atoms with Gasteiger partial charge in [-0.2, -0.15) is 0 Å². The molecule has 0 amide bonds. The number of nitrogens with zero attached hydrogens (tertiary/aromatic N) is 3. The van der Waals surface area contributed by atoms with Crippen LogP contribution < -0.4 is 0 Å². The molecule has 0 radical (unpaired) electrons. The van der Waals surface area contributed by atoms with Crippen molar-refractivity contribution >= 4 is 98.1 Å². The summed E-state index contributed by atoms with van der Waals surface area (Å²) in [5, 5.41) is 12.6. The van der Waals surface area contributed by atoms with E-state index in [1.54, 1.807) is 0 Å². The van der Waals surface area contributed by atoms with Gasteiger partial charge in [-0.1, -0.05) is 97.1 Å². The molecule has 0 unspecified atom stereocenters. The molecule has 13 aromatic rings. The molecule has 0 aliphatic rings. The van der Waals surface area contributed by atoms with Gasteiger partial charge in [-0.25, -0.2) is 9.97 Å². The summed E-state index contributed by atoms with van der Waals surface area (Å²) in [6.45, 7) is 0. The van der Waals surface area contributed by atoms with Crippen molar-refractivity contribution in [1.29, 1.82) is 0 Å². The summed E-state index contributed by atoms with van der Waals surface area (Å²) in [6, 6.07) is 57.7. The number of furan rings is 1. The Balaban J connectivity index is 0.980. The van der Waals surface area contributed by atoms with Crippen LogP contribution in [0.25, 0.3) is 126 Å². The maximum atomic E-state index is 6.63. The number of rotatable bonds is 3. The Labute approximate surface area is 312 Å². The second kappa shape index (κ2) is 10.6. The van der Waals surface area contributed by atoms with Crippen LogP contribution in [0.2, 0.25) is 0 Å². The molecule has 13 rings (SSSR count). The van der Waals surface area contributed by atoms with Crippen molar-refractivity contribution in [2.75, 3.05) is 0 Å². The molecule has 0 fully saturated rings. The summed E-state index contributed by atoms with van der Waals surface area (Å²) >= 11 is 0. The number of hydrogen-bond acceptors (Lipinski definition) is 4. The van der Waals surface area contributed by atoms with E-state index in [0.29, 0.717) is 5.82 Å². The minimum absolute atomic E-state index is 0.689. The van der Waals surface area contributed by atoms with Gasteiger partial charge in [0, 0.05) is 54.5 Å². The molecule has 5 heteroatoms. The van der Waals surface area contributed by atoms with E-state index in [9.17, 15) is 0 Å². The molecule has 254 valence electrons. The highest BCUT2D eigenvalue weighted by molar-refractivity contribution is 6.33. The zero-order valence-electron chi connectivity index (χ0n) is 29.2. The zero-order chi connectivity index (χ0) is 35.8. The third kappa shape index (κ3) is 4.01. The Hall–Kier alpha value is -7.50. The summed E-state index contributed by atoms with van der Waals surface area (Å²) < 4.78 is 15.3. The first-order valence-electron chi connectivity index (χ1n) is 18.6. The Morgan fingerprint density at radius 3 is 1.80 bits per heavy atom. The van der Waals surface area contributed by atoms with Crippen molar-refractivity contribution in [3.05, 3.63) is 164 Å². The Kier molecular flexibility index (Phi) is 5.57. The van der Waals surface area contributed by atoms with E-state index in [2.05, 4.69) is 138 Å². The highest BCUT2D eigenvalue weighted by Crippen LogP contribution is 2.45. The van der Waals surface area contributed by atoms with E-state index in [4.69, 9.17) is 18.8 Å². The molecule has 0 saturated carbocycles. The van der Waals surface area contributed by atoms with Crippen molar-refractivity contribution in [3.63, 3.8) is 0 Å². The first-order chi connectivity index (χ1) is 27.2. The van der Waals surface area contributed by atoms with Crippen LogP contribution in [0, 0.1) is 0 Å². The molecule has 0 aliphatic heterocycles. The highest BCUT2D eigenvalue weighted by Gasteiger charge is 2.22. The van der Waals surface area contributed by atoms with Crippen LogP contribution in [0.4, 0.5) is 0 Å². The molecule has 5 nitrogen and oxygen atoms in total. The van der Waals surface area contributed by atoms with E-state index in [-0.39, 0.29) is 0 Å². The van der Waals surface area contributed by atoms with E-state index in [1.807, 2.05) is 30.3 Å². The monoisotopic (exact) mass is 701 g/mol. The lowest BCUT2D eigenvalue weighted by Gasteiger charge is -2.12. The molecule has 0 N–H and O–H groups in total. The molecule has 55 heavy (non-hydrogen) atoms. The maximum Gasteiger partial charge on any atom is 0.160 e. The maximum absolute atomic E-state index is 6.63. The predicted octanol–water partition coefficient (Wildman–Crippen LogP) is 13.6. The van der Waals surface area contributed by atoms with Gasteiger partial charge in [-0.15, -0.1) is 0 Å². The third-order valence-corrected chi connectivity index (χ3v) is 11.5. The summed E-state index contributed by atoms with van der Waals surface area (Å²) in [4.78, 5) is 10.3. The molecule has 9 aromatic carbocycles. The molecule has 0 spiro atoms. The topological polar surface area (TPSA) is 57.0 Å². The van der Waals surface area contributed by atoms with Crippen molar-refractivity contribution in [1.82, 2.24) is 14.5 Å². The van der Waals surface area contributed by atoms with E-state index in [1.165, 1.54) is 21.5 Å². The van der Waals surface area contributed by atoms with Crippen molar-refractivity contribution in [2.24, 2.45) is 0 Å². The van der Waals surface area contributed by atoms with Gasteiger partial charge in [0.15, 0.2) is 5.82 Å². The molecule has 0 bridgehead atoms. The molecular formula is C50H27N3O2. The first-order valence-corrected chi connectivity index (χ1v) is 18.6. The van der Waals surface area contributed by atoms with Gasteiger partial charge in [0.05, 0.1) is 22.2 Å². The second-order valence-electron chi connectivity index (χ2n) is 14.5. The lowest BCUT2D eigenvalue weighted by atomic mass is 10.00. The predicted molar refractivity (Wildman–Crippen MR) is 226 cm³/mol. The minimum Gasteiger partial charge on any atom is -0.456 e. The van der Waals surface area contributed by atoms with Gasteiger partial charge >= 0.3 is 0 Å². The van der Waals surface area contributed by atoms with Crippen LogP contribution in [0.3, 0.4) is 0 Å². The first kappa shape index (κ1) is 29.0. The fourth-order valence-electron chi connectivity index (χ4n) is 9.05. The minimum atomic E-state index is 0.689. The van der Waals surface area contributed by atoms with Gasteiger partial charge < -0.3 is 13.4 Å². The second-order valence-corrected chi connectivity index (χ2v) is 14.5. The summed E-state index contributed by atoms with van der Waals surface area (Å²) in [5.74, 6) is 0.689. The van der Waals surface area contributed by atoms with Crippen LogP contribution in [0.5, 0.6) is 0 Å². The van der Waals surface area contributed by atoms with Crippen molar-refractivity contribution in [3.8, 4) is 28.3 Å². The largest absolute Gasteiger partial charge is 0.456 e. The number of hydrogen-bond donors (Lipinski definition) is 0.